The number of benzene rings is 3. The number of likely N-dealkylation sites (tertiary alicyclic amines) is 1. The highest BCUT2D eigenvalue weighted by atomic mass is 16.5. The zero-order chi connectivity index (χ0) is 43.5. The van der Waals surface area contributed by atoms with Crippen LogP contribution in [-0.4, -0.2) is 94.5 Å². The lowest BCUT2D eigenvalue weighted by Crippen LogP contribution is -2.48. The number of aromatic nitrogens is 5. The van der Waals surface area contributed by atoms with E-state index in [2.05, 4.69) is 101 Å². The first kappa shape index (κ1) is 42.3. The molecule has 62 heavy (non-hydrogen) atoms. The van der Waals surface area contributed by atoms with E-state index in [9.17, 15) is 14.4 Å². The third-order valence-corrected chi connectivity index (χ3v) is 12.4. The topological polar surface area (TPSA) is 165 Å². The fourth-order valence-corrected chi connectivity index (χ4v) is 8.65. The monoisotopic (exact) mass is 836 g/mol. The maximum atomic E-state index is 12.9. The van der Waals surface area contributed by atoms with E-state index in [4.69, 9.17) is 9.51 Å². The Morgan fingerprint density at radius 3 is 2.39 bits per heavy atom. The minimum absolute atomic E-state index is 0.0442. The van der Waals surface area contributed by atoms with E-state index in [1.165, 1.54) is 24.1 Å². The first-order valence-electron chi connectivity index (χ1n) is 21.5. The quantitative estimate of drug-likeness (QED) is 0.0952. The molecule has 0 spiro atoms. The molecule has 2 aliphatic rings. The number of anilines is 2. The summed E-state index contributed by atoms with van der Waals surface area (Å²) in [6.45, 7) is 15.9. The van der Waals surface area contributed by atoms with Gasteiger partial charge in [-0.2, -0.15) is 4.98 Å². The SMILES string of the molecule is Cc1cc(-c2ncnc3[nH]c(-c4ccc(C5CN(CC6CCN(c7ccc(N(C)CCC(=O)NC=O)cc7)CC6)C5)cc4)cc23)ccc1[C@@H](C)NC(=O)c1nc(C(C)(C)C)no1. The molecular formula is C48H56N10O4. The highest BCUT2D eigenvalue weighted by Gasteiger charge is 2.31. The van der Waals surface area contributed by atoms with Crippen LogP contribution in [0.3, 0.4) is 0 Å². The molecule has 1 atom stereocenters. The molecule has 5 heterocycles. The van der Waals surface area contributed by atoms with Gasteiger partial charge in [-0.05, 0) is 91.3 Å². The number of nitrogens with one attached hydrogen (secondary N) is 3. The van der Waals surface area contributed by atoms with Gasteiger partial charge in [-0.3, -0.25) is 19.7 Å². The molecule has 0 bridgehead atoms. The van der Waals surface area contributed by atoms with Gasteiger partial charge in [0.25, 0.3) is 0 Å². The lowest BCUT2D eigenvalue weighted by atomic mass is 9.88. The minimum Gasteiger partial charge on any atom is -0.374 e. The molecular weight excluding hydrogens is 781 g/mol. The first-order chi connectivity index (χ1) is 29.8. The number of rotatable bonds is 14. The summed E-state index contributed by atoms with van der Waals surface area (Å²) in [5.41, 5.74) is 10.1. The van der Waals surface area contributed by atoms with Crippen molar-refractivity contribution in [2.75, 3.05) is 56.1 Å². The van der Waals surface area contributed by atoms with Crippen molar-refractivity contribution in [3.05, 3.63) is 108 Å². The molecule has 3 N–H and O–H groups in total. The van der Waals surface area contributed by atoms with Crippen molar-refractivity contribution in [3.63, 3.8) is 0 Å². The van der Waals surface area contributed by atoms with Crippen LogP contribution >= 0.6 is 0 Å². The lowest BCUT2D eigenvalue weighted by Gasteiger charge is -2.43. The average Bonchev–Trinajstić information content (AvgIpc) is 3.94. The van der Waals surface area contributed by atoms with Gasteiger partial charge in [-0.15, -0.1) is 0 Å². The molecule has 3 aromatic carbocycles. The Kier molecular flexibility index (Phi) is 12.2. The second-order valence-corrected chi connectivity index (χ2v) is 17.9. The Morgan fingerprint density at radius 1 is 0.984 bits per heavy atom. The number of hydrogen-bond acceptors (Lipinski definition) is 11. The summed E-state index contributed by atoms with van der Waals surface area (Å²) in [7, 11) is 1.96. The predicted molar refractivity (Wildman–Crippen MR) is 241 cm³/mol. The van der Waals surface area contributed by atoms with Gasteiger partial charge in [0.1, 0.15) is 12.0 Å². The molecule has 14 nitrogen and oxygen atoms in total. The van der Waals surface area contributed by atoms with Crippen LogP contribution in [-0.2, 0) is 15.0 Å². The number of piperidine rings is 1. The summed E-state index contributed by atoms with van der Waals surface area (Å²) in [6, 6.07) is 25.5. The van der Waals surface area contributed by atoms with Crippen molar-refractivity contribution in [3.8, 4) is 22.5 Å². The third kappa shape index (κ3) is 9.40. The molecule has 0 saturated carbocycles. The molecule has 0 unspecified atom stereocenters. The fraction of sp³-hybridized carbons (Fsp3) is 0.396. The van der Waals surface area contributed by atoms with Gasteiger partial charge < -0.3 is 29.5 Å². The number of carbonyl (C=O) groups excluding carboxylic acids is 3. The average molecular weight is 837 g/mol. The second kappa shape index (κ2) is 17.9. The minimum atomic E-state index is -0.404. The summed E-state index contributed by atoms with van der Waals surface area (Å²) in [4.78, 5) is 59.3. The van der Waals surface area contributed by atoms with E-state index >= 15 is 0 Å². The molecule has 6 aromatic rings. The third-order valence-electron chi connectivity index (χ3n) is 12.4. The first-order valence-corrected chi connectivity index (χ1v) is 21.5. The number of amides is 3. The van der Waals surface area contributed by atoms with Gasteiger partial charge in [-0.1, -0.05) is 62.3 Å². The Hall–Kier alpha value is -6.41. The Balaban J connectivity index is 0.822. The van der Waals surface area contributed by atoms with Gasteiger partial charge in [-0.25, -0.2) is 9.97 Å². The van der Waals surface area contributed by atoms with Crippen LogP contribution in [0.2, 0.25) is 0 Å². The largest absolute Gasteiger partial charge is 0.374 e. The summed E-state index contributed by atoms with van der Waals surface area (Å²) in [5, 5.41) is 10.1. The summed E-state index contributed by atoms with van der Waals surface area (Å²) >= 11 is 0. The highest BCUT2D eigenvalue weighted by molar-refractivity contribution is 5.94. The number of H-pyrrole nitrogens is 1. The van der Waals surface area contributed by atoms with E-state index in [0.29, 0.717) is 30.6 Å². The molecule has 3 aromatic heterocycles. The summed E-state index contributed by atoms with van der Waals surface area (Å²) < 4.78 is 5.25. The maximum Gasteiger partial charge on any atom is 0.315 e. The van der Waals surface area contributed by atoms with Crippen LogP contribution in [0.4, 0.5) is 11.4 Å². The molecule has 0 aliphatic carbocycles. The molecule has 2 fully saturated rings. The number of aromatic amines is 1. The Labute approximate surface area is 362 Å². The van der Waals surface area contributed by atoms with Crippen LogP contribution in [0.1, 0.15) is 92.1 Å². The lowest BCUT2D eigenvalue weighted by molar-refractivity contribution is -0.125. The van der Waals surface area contributed by atoms with E-state index < -0.39 is 5.91 Å². The summed E-state index contributed by atoms with van der Waals surface area (Å²) in [6.07, 6.45) is 4.67. The van der Waals surface area contributed by atoms with Gasteiger partial charge >= 0.3 is 11.8 Å². The van der Waals surface area contributed by atoms with Crippen molar-refractivity contribution in [2.45, 2.75) is 71.3 Å². The van der Waals surface area contributed by atoms with Crippen LogP contribution in [0, 0.1) is 12.8 Å². The van der Waals surface area contributed by atoms with E-state index in [0.717, 1.165) is 83.1 Å². The normalized spacial score (nSPS) is 15.6. The molecule has 8 rings (SSSR count). The highest BCUT2D eigenvalue weighted by Crippen LogP contribution is 2.35. The van der Waals surface area contributed by atoms with Gasteiger partial charge in [0.05, 0.1) is 11.7 Å². The smallest absolute Gasteiger partial charge is 0.315 e. The molecule has 0 radical (unpaired) electrons. The predicted octanol–water partition coefficient (Wildman–Crippen LogP) is 7.19. The van der Waals surface area contributed by atoms with Crippen molar-refractivity contribution >= 4 is 40.6 Å². The van der Waals surface area contributed by atoms with Gasteiger partial charge in [0.15, 0.2) is 5.82 Å². The number of fused-ring (bicyclic) bond motifs is 1. The number of nitrogens with zero attached hydrogens (tertiary/aromatic N) is 7. The van der Waals surface area contributed by atoms with Gasteiger partial charge in [0.2, 0.25) is 12.3 Å². The number of hydrogen-bond donors (Lipinski definition) is 3. The van der Waals surface area contributed by atoms with Crippen molar-refractivity contribution in [1.29, 1.82) is 0 Å². The Bertz CT molecular complexity index is 2530. The van der Waals surface area contributed by atoms with Crippen molar-refractivity contribution in [2.24, 2.45) is 5.92 Å². The fourth-order valence-electron chi connectivity index (χ4n) is 8.65. The number of aryl methyl sites for hydroxylation is 1. The van der Waals surface area contributed by atoms with Crippen LogP contribution < -0.4 is 20.4 Å². The number of imide groups is 1. The van der Waals surface area contributed by atoms with Crippen LogP contribution in [0.25, 0.3) is 33.5 Å². The van der Waals surface area contributed by atoms with Crippen LogP contribution in [0.15, 0.2) is 83.6 Å². The standard InChI is InChI=1S/C48H56N10O4/c1-30-23-35(11-16-39(30)31(2)52-45(61)46-54-47(55-62-46)48(3,4)5)43-40-24-41(53-44(40)50-28-49-43)34-9-7-33(8-10-34)36-26-57(27-36)25-32-17-21-58(22-18-32)38-14-12-37(13-15-38)56(6)20-19-42(60)51-29-59/h7-16,23-24,28-29,31-32,36H,17-22,25-27H2,1-6H3,(H,52,61)(H,49,50,53)(H,51,59,60)/t31-/m1/s1. The van der Waals surface area contributed by atoms with E-state index in [1.807, 2.05) is 58.7 Å². The Morgan fingerprint density at radius 2 is 1.71 bits per heavy atom. The zero-order valence-electron chi connectivity index (χ0n) is 36.4. The van der Waals surface area contributed by atoms with Gasteiger partial charge in [0, 0.05) is 92.1 Å². The molecule has 322 valence electrons. The van der Waals surface area contributed by atoms with Crippen molar-refractivity contribution < 1.29 is 18.9 Å². The zero-order valence-corrected chi connectivity index (χ0v) is 36.4. The molecule has 2 saturated heterocycles. The van der Waals surface area contributed by atoms with Crippen molar-refractivity contribution in [1.82, 2.24) is 40.6 Å². The van der Waals surface area contributed by atoms with Crippen LogP contribution in [0.5, 0.6) is 0 Å². The van der Waals surface area contributed by atoms with E-state index in [1.54, 1.807) is 6.33 Å². The molecule has 14 heteroatoms. The van der Waals surface area contributed by atoms with E-state index in [-0.39, 0.29) is 29.7 Å². The number of carbonyl (C=O) groups is 3. The summed E-state index contributed by atoms with van der Waals surface area (Å²) in [5.74, 6) is 1.02. The molecule has 2 aliphatic heterocycles. The molecule has 3 amide bonds. The maximum absolute atomic E-state index is 12.9. The second-order valence-electron chi connectivity index (χ2n) is 17.9.